The van der Waals surface area contributed by atoms with Crippen LogP contribution in [0.15, 0.2) is 11.1 Å². The van der Waals surface area contributed by atoms with Gasteiger partial charge in [-0.2, -0.15) is 0 Å². The summed E-state index contributed by atoms with van der Waals surface area (Å²) in [6.07, 6.45) is 1.13. The van der Waals surface area contributed by atoms with E-state index in [0.29, 0.717) is 0 Å². The Kier molecular flexibility index (Phi) is 4.41. The quantitative estimate of drug-likeness (QED) is 0.530. The third-order valence-corrected chi connectivity index (χ3v) is 1.62. The van der Waals surface area contributed by atoms with Gasteiger partial charge in [0.15, 0.2) is 0 Å². The number of hydrogen-bond donors (Lipinski definition) is 0. The number of hydrogen-bond acceptors (Lipinski definition) is 1. The summed E-state index contributed by atoms with van der Waals surface area (Å²) in [6, 6.07) is 0. The third-order valence-electron chi connectivity index (χ3n) is 1.62. The number of methoxy groups -OCH3 is 1. The SMILES string of the molecule is CC/C(C)=C(\C)COC. The highest BCUT2D eigenvalue weighted by atomic mass is 16.5. The minimum Gasteiger partial charge on any atom is -0.380 e. The first-order chi connectivity index (χ1) is 4.22. The van der Waals surface area contributed by atoms with Gasteiger partial charge in [-0.25, -0.2) is 0 Å². The molecule has 0 rings (SSSR count). The van der Waals surface area contributed by atoms with Gasteiger partial charge in [0.1, 0.15) is 0 Å². The molecule has 0 aromatic heterocycles. The Bertz CT molecular complexity index is 103. The van der Waals surface area contributed by atoms with Gasteiger partial charge in [-0.05, 0) is 25.8 Å². The molecule has 0 saturated heterocycles. The van der Waals surface area contributed by atoms with E-state index in [-0.39, 0.29) is 0 Å². The second-order valence-electron chi connectivity index (χ2n) is 2.35. The zero-order chi connectivity index (χ0) is 7.28. The molecule has 0 radical (unpaired) electrons. The standard InChI is InChI=1S/C8H16O/c1-5-7(2)8(3)6-9-4/h5-6H2,1-4H3/b8-7+. The number of allylic oxidation sites excluding steroid dienone is 1. The average molecular weight is 128 g/mol. The van der Waals surface area contributed by atoms with Crippen molar-refractivity contribution >= 4 is 0 Å². The highest BCUT2D eigenvalue weighted by molar-refractivity contribution is 5.08. The van der Waals surface area contributed by atoms with E-state index in [2.05, 4.69) is 20.8 Å². The van der Waals surface area contributed by atoms with E-state index in [4.69, 9.17) is 4.74 Å². The zero-order valence-corrected chi connectivity index (χ0v) is 6.82. The second-order valence-corrected chi connectivity index (χ2v) is 2.35. The molecule has 54 valence electrons. The van der Waals surface area contributed by atoms with Crippen molar-refractivity contribution in [3.8, 4) is 0 Å². The summed E-state index contributed by atoms with van der Waals surface area (Å²) in [5, 5.41) is 0. The molecule has 0 saturated carbocycles. The molecule has 0 amide bonds. The van der Waals surface area contributed by atoms with Crippen LogP contribution in [-0.4, -0.2) is 13.7 Å². The average Bonchev–Trinajstić information content (AvgIpc) is 1.87. The first-order valence-corrected chi connectivity index (χ1v) is 3.36. The van der Waals surface area contributed by atoms with Crippen molar-refractivity contribution in [1.29, 1.82) is 0 Å². The molecule has 0 aliphatic carbocycles. The maximum Gasteiger partial charge on any atom is 0.0672 e. The van der Waals surface area contributed by atoms with Gasteiger partial charge in [-0.3, -0.25) is 0 Å². The van der Waals surface area contributed by atoms with Gasteiger partial charge in [0.2, 0.25) is 0 Å². The van der Waals surface area contributed by atoms with Gasteiger partial charge < -0.3 is 4.74 Å². The van der Waals surface area contributed by atoms with Crippen molar-refractivity contribution in [3.05, 3.63) is 11.1 Å². The van der Waals surface area contributed by atoms with E-state index in [0.717, 1.165) is 13.0 Å². The Morgan fingerprint density at radius 1 is 1.22 bits per heavy atom. The number of rotatable bonds is 3. The fourth-order valence-electron chi connectivity index (χ4n) is 0.641. The van der Waals surface area contributed by atoms with Crippen LogP contribution in [-0.2, 0) is 4.74 Å². The van der Waals surface area contributed by atoms with Crippen molar-refractivity contribution < 1.29 is 4.74 Å². The number of ether oxygens (including phenoxy) is 1. The molecule has 1 nitrogen and oxygen atoms in total. The molecule has 0 unspecified atom stereocenters. The maximum atomic E-state index is 4.97. The lowest BCUT2D eigenvalue weighted by molar-refractivity contribution is 0.225. The van der Waals surface area contributed by atoms with E-state index >= 15 is 0 Å². The Morgan fingerprint density at radius 3 is 2.11 bits per heavy atom. The molecule has 0 bridgehead atoms. The molecule has 0 atom stereocenters. The van der Waals surface area contributed by atoms with Crippen LogP contribution >= 0.6 is 0 Å². The molecule has 1 heteroatoms. The summed E-state index contributed by atoms with van der Waals surface area (Å²) in [5.41, 5.74) is 2.80. The molecule has 0 aromatic rings. The predicted molar refractivity (Wildman–Crippen MR) is 40.5 cm³/mol. The van der Waals surface area contributed by atoms with Gasteiger partial charge >= 0.3 is 0 Å². The van der Waals surface area contributed by atoms with E-state index in [9.17, 15) is 0 Å². The maximum absolute atomic E-state index is 4.97. The Morgan fingerprint density at radius 2 is 1.78 bits per heavy atom. The molecule has 0 N–H and O–H groups in total. The molecular formula is C8H16O. The predicted octanol–water partition coefficient (Wildman–Crippen LogP) is 2.38. The van der Waals surface area contributed by atoms with Gasteiger partial charge in [0.25, 0.3) is 0 Å². The summed E-state index contributed by atoms with van der Waals surface area (Å²) < 4.78 is 4.97. The van der Waals surface area contributed by atoms with Crippen LogP contribution < -0.4 is 0 Å². The van der Waals surface area contributed by atoms with Crippen LogP contribution in [0.1, 0.15) is 27.2 Å². The second kappa shape index (κ2) is 4.57. The summed E-state index contributed by atoms with van der Waals surface area (Å²) in [4.78, 5) is 0. The third kappa shape index (κ3) is 3.31. The summed E-state index contributed by atoms with van der Waals surface area (Å²) in [7, 11) is 1.73. The normalized spacial score (nSPS) is 13.3. The highest BCUT2D eigenvalue weighted by Gasteiger charge is 1.91. The lowest BCUT2D eigenvalue weighted by Gasteiger charge is -2.02. The molecule has 0 heterocycles. The van der Waals surface area contributed by atoms with Crippen molar-refractivity contribution in [1.82, 2.24) is 0 Å². The van der Waals surface area contributed by atoms with Crippen molar-refractivity contribution in [2.45, 2.75) is 27.2 Å². The van der Waals surface area contributed by atoms with Gasteiger partial charge in [0, 0.05) is 7.11 Å². The first kappa shape index (κ1) is 8.70. The fraction of sp³-hybridized carbons (Fsp3) is 0.750. The van der Waals surface area contributed by atoms with Crippen LogP contribution in [0.3, 0.4) is 0 Å². The molecule has 0 aliphatic rings. The Balaban J connectivity index is 3.78. The van der Waals surface area contributed by atoms with Crippen molar-refractivity contribution in [3.63, 3.8) is 0 Å². The summed E-state index contributed by atoms with van der Waals surface area (Å²) in [6.45, 7) is 7.20. The smallest absolute Gasteiger partial charge is 0.0672 e. The van der Waals surface area contributed by atoms with E-state index in [1.54, 1.807) is 7.11 Å². The molecule has 0 aliphatic heterocycles. The minimum atomic E-state index is 0.777. The van der Waals surface area contributed by atoms with Crippen molar-refractivity contribution in [2.24, 2.45) is 0 Å². The molecular weight excluding hydrogens is 112 g/mol. The Hall–Kier alpha value is -0.300. The monoisotopic (exact) mass is 128 g/mol. The molecule has 9 heavy (non-hydrogen) atoms. The van der Waals surface area contributed by atoms with E-state index in [1.165, 1.54) is 11.1 Å². The van der Waals surface area contributed by atoms with Gasteiger partial charge in [-0.1, -0.05) is 12.5 Å². The summed E-state index contributed by atoms with van der Waals surface area (Å²) in [5.74, 6) is 0. The van der Waals surface area contributed by atoms with Gasteiger partial charge in [0.05, 0.1) is 6.61 Å². The van der Waals surface area contributed by atoms with Crippen molar-refractivity contribution in [2.75, 3.05) is 13.7 Å². The van der Waals surface area contributed by atoms with E-state index in [1.807, 2.05) is 0 Å². The fourth-order valence-corrected chi connectivity index (χ4v) is 0.641. The van der Waals surface area contributed by atoms with Crippen LogP contribution in [0, 0.1) is 0 Å². The lowest BCUT2D eigenvalue weighted by atomic mass is 10.1. The largest absolute Gasteiger partial charge is 0.380 e. The molecule has 0 aromatic carbocycles. The van der Waals surface area contributed by atoms with Crippen LogP contribution in [0.2, 0.25) is 0 Å². The molecule has 0 spiro atoms. The Labute approximate surface area is 57.7 Å². The zero-order valence-electron chi connectivity index (χ0n) is 6.82. The topological polar surface area (TPSA) is 9.23 Å². The lowest BCUT2D eigenvalue weighted by Crippen LogP contribution is -1.92. The minimum absolute atomic E-state index is 0.777. The van der Waals surface area contributed by atoms with E-state index < -0.39 is 0 Å². The first-order valence-electron chi connectivity index (χ1n) is 3.36. The van der Waals surface area contributed by atoms with Crippen LogP contribution in [0.25, 0.3) is 0 Å². The van der Waals surface area contributed by atoms with Gasteiger partial charge in [-0.15, -0.1) is 0 Å². The summed E-state index contributed by atoms with van der Waals surface area (Å²) >= 11 is 0. The van der Waals surface area contributed by atoms with Crippen LogP contribution in [0.5, 0.6) is 0 Å². The highest BCUT2D eigenvalue weighted by Crippen LogP contribution is 2.06. The molecule has 0 fully saturated rings. The van der Waals surface area contributed by atoms with Crippen LogP contribution in [0.4, 0.5) is 0 Å².